The van der Waals surface area contributed by atoms with Crippen molar-refractivity contribution >= 4 is 29.5 Å². The van der Waals surface area contributed by atoms with Crippen molar-refractivity contribution in [3.63, 3.8) is 0 Å². The van der Waals surface area contributed by atoms with Gasteiger partial charge in [-0.1, -0.05) is 0 Å². The van der Waals surface area contributed by atoms with Crippen LogP contribution in [0.15, 0.2) is 36.4 Å². The third-order valence-corrected chi connectivity index (χ3v) is 14.6. The van der Waals surface area contributed by atoms with Crippen LogP contribution >= 0.6 is 0 Å². The molecular formula is C58H90N10O12. The third-order valence-electron chi connectivity index (χ3n) is 14.6. The van der Waals surface area contributed by atoms with Gasteiger partial charge in [-0.15, -0.1) is 0 Å². The molecule has 0 aliphatic heterocycles. The number of hydrogen-bond donors (Lipinski definition) is 11. The number of nitrogens with one attached hydrogen (secondary N) is 4. The van der Waals surface area contributed by atoms with Crippen LogP contribution < -0.4 is 84.1 Å². The van der Waals surface area contributed by atoms with Gasteiger partial charge in [-0.25, -0.2) is 0 Å². The van der Waals surface area contributed by atoms with Crippen LogP contribution in [-0.2, 0) is 0 Å². The van der Waals surface area contributed by atoms with E-state index in [2.05, 4.69) is 21.3 Å². The third kappa shape index (κ3) is 20.0. The number of nitrogens with two attached hydrogens (primary N) is 6. The van der Waals surface area contributed by atoms with E-state index in [0.29, 0.717) is 115 Å². The first-order valence-corrected chi connectivity index (χ1v) is 28.6. The van der Waals surface area contributed by atoms with Crippen LogP contribution in [0, 0.1) is 0 Å². The number of unbranched alkanes of at least 4 members (excludes halogenated alkanes) is 8. The molecule has 0 aromatic heterocycles. The SMILES string of the molecule is COc1cc(OC)c(C(O)N[C@H]2CC[C@@H](NC(=O)c3cc(C(N)=O)c(OCCCCCN)cc3OCCCCCN)CC2)cc1C(=O)N[C@H]1CC[C@@H](NC(=O)c2cc(C(N)=O)c(OCCCCCN)cc2OCCCCCN)CC1. The first-order chi connectivity index (χ1) is 38.7. The average molecular weight is 1120 g/mol. The summed E-state index contributed by atoms with van der Waals surface area (Å²) in [5.41, 5.74) is 35.2. The Morgan fingerprint density at radius 1 is 0.425 bits per heavy atom. The molecule has 2 saturated carbocycles. The van der Waals surface area contributed by atoms with E-state index >= 15 is 0 Å². The fraction of sp³-hybridized carbons (Fsp3) is 0.603. The maximum Gasteiger partial charge on any atom is 0.255 e. The molecule has 3 aromatic rings. The second-order valence-corrected chi connectivity index (χ2v) is 20.6. The topological polar surface area (TPSA) is 365 Å². The molecule has 0 saturated heterocycles. The minimum Gasteiger partial charge on any atom is -0.496 e. The monoisotopic (exact) mass is 1120 g/mol. The van der Waals surface area contributed by atoms with Gasteiger partial charge in [0.1, 0.15) is 40.7 Å². The molecule has 444 valence electrons. The Labute approximate surface area is 471 Å². The summed E-state index contributed by atoms with van der Waals surface area (Å²) in [5, 5.41) is 24.3. The largest absolute Gasteiger partial charge is 0.496 e. The molecule has 0 bridgehead atoms. The predicted octanol–water partition coefficient (Wildman–Crippen LogP) is 4.73. The Morgan fingerprint density at radius 3 is 1.04 bits per heavy atom. The Morgan fingerprint density at radius 2 is 0.725 bits per heavy atom. The highest BCUT2D eigenvalue weighted by atomic mass is 16.5. The zero-order chi connectivity index (χ0) is 57.8. The Balaban J connectivity index is 1.19. The number of methoxy groups -OCH3 is 2. The van der Waals surface area contributed by atoms with E-state index < -0.39 is 35.8 Å². The Bertz CT molecular complexity index is 2450. The van der Waals surface area contributed by atoms with Gasteiger partial charge < -0.3 is 83.9 Å². The highest BCUT2D eigenvalue weighted by molar-refractivity contribution is 6.04. The summed E-state index contributed by atoms with van der Waals surface area (Å²) >= 11 is 0. The predicted molar refractivity (Wildman–Crippen MR) is 306 cm³/mol. The van der Waals surface area contributed by atoms with Gasteiger partial charge in [0.15, 0.2) is 0 Å². The molecule has 22 heteroatoms. The molecule has 17 N–H and O–H groups in total. The second kappa shape index (κ2) is 34.7. The maximum absolute atomic E-state index is 14.0. The number of carbonyl (C=O) groups is 5. The normalized spacial score (nSPS) is 17.4. The minimum absolute atomic E-state index is 0.0755. The lowest BCUT2D eigenvalue weighted by Gasteiger charge is -2.32. The summed E-state index contributed by atoms with van der Waals surface area (Å²) in [5.74, 6) is -1.07. The number of aliphatic hydroxyl groups excluding tert-OH is 1. The maximum atomic E-state index is 14.0. The fourth-order valence-electron chi connectivity index (χ4n) is 9.96. The Kier molecular flexibility index (Phi) is 27.9. The summed E-state index contributed by atoms with van der Waals surface area (Å²) in [4.78, 5) is 67.1. The van der Waals surface area contributed by atoms with Crippen LogP contribution in [0.5, 0.6) is 34.5 Å². The van der Waals surface area contributed by atoms with Crippen molar-refractivity contribution in [2.75, 3.05) is 66.8 Å². The van der Waals surface area contributed by atoms with Crippen LogP contribution in [0.4, 0.5) is 0 Å². The van der Waals surface area contributed by atoms with Gasteiger partial charge in [0.05, 0.1) is 68.5 Å². The lowest BCUT2D eigenvalue weighted by molar-refractivity contribution is 0.0882. The van der Waals surface area contributed by atoms with Crippen LogP contribution in [-0.4, -0.2) is 126 Å². The first-order valence-electron chi connectivity index (χ1n) is 28.6. The van der Waals surface area contributed by atoms with Gasteiger partial charge in [-0.3, -0.25) is 29.3 Å². The van der Waals surface area contributed by atoms with Gasteiger partial charge in [-0.2, -0.15) is 0 Å². The van der Waals surface area contributed by atoms with E-state index in [9.17, 15) is 29.1 Å². The molecule has 0 radical (unpaired) electrons. The summed E-state index contributed by atoms with van der Waals surface area (Å²) in [7, 11) is 2.92. The standard InChI is InChI=1S/C58H90N10O12/c1-75-47-34-48(76-2)44(56(72)66-38-17-21-40(22-18-38)68-58(74)46-32-42(54(64)70)50(78-28-12-4-8-24-60)36-52(46)80-30-14-6-10-26-62)33-43(47)55(71)65-37-15-19-39(20-16-37)67-57(73)45-31-41(53(63)69)49(77-27-11-3-7-23-59)35-51(45)79-29-13-5-9-25-61/h31-40,55,65,71H,3-30,59-62H2,1-2H3,(H2,63,69)(H2,64,70)(H,66,72)(H,67,73)(H,68,74)/t37-,38-,39+,40+,55?. The van der Waals surface area contributed by atoms with Crippen molar-refractivity contribution < 1.29 is 57.5 Å². The van der Waals surface area contributed by atoms with Crippen LogP contribution in [0.3, 0.4) is 0 Å². The van der Waals surface area contributed by atoms with Crippen molar-refractivity contribution in [1.82, 2.24) is 21.3 Å². The molecule has 1 atom stereocenters. The second-order valence-electron chi connectivity index (χ2n) is 20.6. The quantitative estimate of drug-likeness (QED) is 0.0275. The molecule has 22 nitrogen and oxygen atoms in total. The molecule has 0 heterocycles. The molecule has 1 unspecified atom stereocenters. The van der Waals surface area contributed by atoms with Crippen LogP contribution in [0.1, 0.15) is 192 Å². The summed E-state index contributed by atoms with van der Waals surface area (Å²) in [6.45, 7) is 3.63. The zero-order valence-electron chi connectivity index (χ0n) is 47.1. The highest BCUT2D eigenvalue weighted by Crippen LogP contribution is 2.36. The molecule has 5 rings (SSSR count). The number of hydrogen-bond acceptors (Lipinski definition) is 17. The van der Waals surface area contributed by atoms with Crippen molar-refractivity contribution in [2.24, 2.45) is 34.4 Å². The lowest BCUT2D eigenvalue weighted by Crippen LogP contribution is -2.44. The zero-order valence-corrected chi connectivity index (χ0v) is 47.1. The van der Waals surface area contributed by atoms with Gasteiger partial charge in [0.25, 0.3) is 29.5 Å². The molecule has 2 fully saturated rings. The first kappa shape index (κ1) is 64.4. The summed E-state index contributed by atoms with van der Waals surface area (Å²) in [6.07, 6.45) is 13.1. The lowest BCUT2D eigenvalue weighted by atomic mass is 9.90. The molecule has 3 aromatic carbocycles. The summed E-state index contributed by atoms with van der Waals surface area (Å²) in [6, 6.07) is 8.30. The average Bonchev–Trinajstić information content (AvgIpc) is 3.45. The number of ether oxygens (including phenoxy) is 6. The van der Waals surface area contributed by atoms with E-state index in [1.165, 1.54) is 26.4 Å². The fourth-order valence-corrected chi connectivity index (χ4v) is 9.96. The van der Waals surface area contributed by atoms with Crippen molar-refractivity contribution in [3.8, 4) is 34.5 Å². The number of amides is 5. The molecule has 80 heavy (non-hydrogen) atoms. The molecular weight excluding hydrogens is 1030 g/mol. The van der Waals surface area contributed by atoms with Crippen molar-refractivity contribution in [3.05, 3.63) is 69.8 Å². The van der Waals surface area contributed by atoms with Crippen LogP contribution in [0.25, 0.3) is 0 Å². The van der Waals surface area contributed by atoms with Crippen molar-refractivity contribution in [1.29, 1.82) is 0 Å². The van der Waals surface area contributed by atoms with Gasteiger partial charge in [0.2, 0.25) is 0 Å². The van der Waals surface area contributed by atoms with Gasteiger partial charge >= 0.3 is 0 Å². The number of rotatable bonds is 37. The number of aliphatic hydroxyl groups is 1. The molecule has 0 spiro atoms. The minimum atomic E-state index is -1.23. The highest BCUT2D eigenvalue weighted by Gasteiger charge is 2.31. The van der Waals surface area contributed by atoms with Crippen molar-refractivity contribution in [2.45, 2.75) is 159 Å². The van der Waals surface area contributed by atoms with Gasteiger partial charge in [0, 0.05) is 47.9 Å². The van der Waals surface area contributed by atoms with E-state index in [-0.39, 0.29) is 80.7 Å². The van der Waals surface area contributed by atoms with Gasteiger partial charge in [-0.05, 0) is 173 Å². The number of benzene rings is 3. The Hall–Kier alpha value is -6.43. The van der Waals surface area contributed by atoms with E-state index in [0.717, 1.165) is 77.0 Å². The smallest absolute Gasteiger partial charge is 0.255 e. The van der Waals surface area contributed by atoms with Crippen LogP contribution in [0.2, 0.25) is 0 Å². The van der Waals surface area contributed by atoms with E-state index in [4.69, 9.17) is 62.8 Å². The number of primary amides is 2. The molecule has 2 aliphatic rings. The summed E-state index contributed by atoms with van der Waals surface area (Å²) < 4.78 is 35.5. The van der Waals surface area contributed by atoms with E-state index in [1.54, 1.807) is 24.3 Å². The molecule has 5 amide bonds. The van der Waals surface area contributed by atoms with E-state index in [1.807, 2.05) is 0 Å². The molecule has 2 aliphatic carbocycles. The number of carbonyl (C=O) groups excluding carboxylic acids is 5.